The Balaban J connectivity index is 2.10. The fourth-order valence-corrected chi connectivity index (χ4v) is 3.46. The lowest BCUT2D eigenvalue weighted by Gasteiger charge is -2.39. The normalized spacial score (nSPS) is 24.6. The van der Waals surface area contributed by atoms with E-state index in [-0.39, 0.29) is 6.04 Å². The van der Waals surface area contributed by atoms with Crippen LogP contribution < -0.4 is 16.0 Å². The Morgan fingerprint density at radius 2 is 1.81 bits per heavy atom. The smallest absolute Gasteiger partial charge is 0.237 e. The SMILES string of the molecule is COc1nccnc1C(NN)C1CCC(C(C)(C)C)CC1. The number of hydrogen-bond acceptors (Lipinski definition) is 5. The molecule has 0 spiro atoms. The lowest BCUT2D eigenvalue weighted by atomic mass is 9.68. The summed E-state index contributed by atoms with van der Waals surface area (Å²) >= 11 is 0. The van der Waals surface area contributed by atoms with E-state index in [4.69, 9.17) is 10.6 Å². The molecule has 0 aromatic carbocycles. The first-order valence-corrected chi connectivity index (χ1v) is 7.78. The summed E-state index contributed by atoms with van der Waals surface area (Å²) in [4.78, 5) is 8.67. The summed E-state index contributed by atoms with van der Waals surface area (Å²) in [6, 6.07) is 0.00886. The summed E-state index contributed by atoms with van der Waals surface area (Å²) in [7, 11) is 1.62. The second-order valence-electron chi connectivity index (χ2n) is 7.07. The molecule has 1 fully saturated rings. The van der Waals surface area contributed by atoms with Gasteiger partial charge in [0.15, 0.2) is 0 Å². The number of methoxy groups -OCH3 is 1. The first-order chi connectivity index (χ1) is 9.97. The first-order valence-electron chi connectivity index (χ1n) is 7.78. The summed E-state index contributed by atoms with van der Waals surface area (Å²) in [5.74, 6) is 7.65. The molecule has 3 N–H and O–H groups in total. The summed E-state index contributed by atoms with van der Waals surface area (Å²) < 4.78 is 5.33. The van der Waals surface area contributed by atoms with Crippen molar-refractivity contribution in [2.75, 3.05) is 7.11 Å². The third kappa shape index (κ3) is 3.71. The van der Waals surface area contributed by atoms with Crippen LogP contribution in [0.1, 0.15) is 58.2 Å². The molecule has 0 aliphatic heterocycles. The van der Waals surface area contributed by atoms with Gasteiger partial charge in [-0.2, -0.15) is 0 Å². The average Bonchev–Trinajstić information content (AvgIpc) is 2.48. The van der Waals surface area contributed by atoms with Crippen LogP contribution in [0.3, 0.4) is 0 Å². The predicted molar refractivity (Wildman–Crippen MR) is 83.6 cm³/mol. The topological polar surface area (TPSA) is 73.1 Å². The van der Waals surface area contributed by atoms with Gasteiger partial charge in [0.25, 0.3) is 0 Å². The number of nitrogens with one attached hydrogen (secondary N) is 1. The molecule has 0 radical (unpaired) electrons. The Kier molecular flexibility index (Phi) is 5.17. The van der Waals surface area contributed by atoms with Gasteiger partial charge in [-0.15, -0.1) is 0 Å². The monoisotopic (exact) mass is 292 g/mol. The van der Waals surface area contributed by atoms with Crippen LogP contribution in [-0.2, 0) is 0 Å². The van der Waals surface area contributed by atoms with Crippen LogP contribution in [0.4, 0.5) is 0 Å². The zero-order valence-corrected chi connectivity index (χ0v) is 13.6. The molecular weight excluding hydrogens is 264 g/mol. The highest BCUT2D eigenvalue weighted by Crippen LogP contribution is 2.43. The highest BCUT2D eigenvalue weighted by Gasteiger charge is 2.34. The molecule has 21 heavy (non-hydrogen) atoms. The Hall–Kier alpha value is -1.20. The quantitative estimate of drug-likeness (QED) is 0.659. The van der Waals surface area contributed by atoms with Crippen molar-refractivity contribution in [1.29, 1.82) is 0 Å². The van der Waals surface area contributed by atoms with E-state index in [1.54, 1.807) is 19.5 Å². The summed E-state index contributed by atoms with van der Waals surface area (Å²) in [6.45, 7) is 7.01. The molecule has 1 aliphatic rings. The van der Waals surface area contributed by atoms with Crippen molar-refractivity contribution >= 4 is 0 Å². The predicted octanol–water partition coefficient (Wildman–Crippen LogP) is 2.84. The van der Waals surface area contributed by atoms with Gasteiger partial charge in [-0.3, -0.25) is 16.3 Å². The molecule has 1 unspecified atom stereocenters. The van der Waals surface area contributed by atoms with Gasteiger partial charge in [0.1, 0.15) is 5.69 Å². The van der Waals surface area contributed by atoms with E-state index >= 15 is 0 Å². The van der Waals surface area contributed by atoms with E-state index in [0.29, 0.717) is 17.2 Å². The maximum atomic E-state index is 5.81. The van der Waals surface area contributed by atoms with Crippen LogP contribution in [0.15, 0.2) is 12.4 Å². The Bertz CT molecular complexity index is 450. The van der Waals surface area contributed by atoms with Crippen molar-refractivity contribution in [2.24, 2.45) is 23.1 Å². The summed E-state index contributed by atoms with van der Waals surface area (Å²) in [5.41, 5.74) is 4.14. The number of rotatable bonds is 4. The molecule has 1 aromatic rings. The van der Waals surface area contributed by atoms with Gasteiger partial charge in [-0.05, 0) is 42.9 Å². The van der Waals surface area contributed by atoms with E-state index in [9.17, 15) is 0 Å². The molecule has 118 valence electrons. The van der Waals surface area contributed by atoms with Crippen LogP contribution in [0.2, 0.25) is 0 Å². The maximum Gasteiger partial charge on any atom is 0.237 e. The van der Waals surface area contributed by atoms with Gasteiger partial charge >= 0.3 is 0 Å². The molecule has 1 atom stereocenters. The molecule has 1 aromatic heterocycles. The van der Waals surface area contributed by atoms with Crippen molar-refractivity contribution in [3.63, 3.8) is 0 Å². The molecule has 2 rings (SSSR count). The molecule has 0 amide bonds. The standard InChI is InChI=1S/C16H28N4O/c1-16(2,3)12-7-5-11(6-8-12)13(20-17)14-15(21-4)19-10-9-18-14/h9-13,20H,5-8,17H2,1-4H3. The minimum atomic E-state index is 0.00886. The average molecular weight is 292 g/mol. The third-order valence-corrected chi connectivity index (χ3v) is 4.83. The van der Waals surface area contributed by atoms with Crippen LogP contribution >= 0.6 is 0 Å². The Morgan fingerprint density at radius 1 is 1.19 bits per heavy atom. The molecule has 1 saturated carbocycles. The lowest BCUT2D eigenvalue weighted by molar-refractivity contribution is 0.131. The van der Waals surface area contributed by atoms with E-state index in [2.05, 4.69) is 36.2 Å². The highest BCUT2D eigenvalue weighted by atomic mass is 16.5. The van der Waals surface area contributed by atoms with Crippen LogP contribution in [-0.4, -0.2) is 17.1 Å². The van der Waals surface area contributed by atoms with Gasteiger partial charge < -0.3 is 4.74 Å². The molecule has 1 heterocycles. The van der Waals surface area contributed by atoms with E-state index in [1.807, 2.05) is 0 Å². The zero-order chi connectivity index (χ0) is 15.5. The largest absolute Gasteiger partial charge is 0.480 e. The van der Waals surface area contributed by atoms with Gasteiger partial charge in [0.05, 0.1) is 13.2 Å². The molecule has 0 saturated heterocycles. The molecular formula is C16H28N4O. The lowest BCUT2D eigenvalue weighted by Crippen LogP contribution is -2.37. The van der Waals surface area contributed by atoms with Crippen molar-refractivity contribution in [3.8, 4) is 5.88 Å². The van der Waals surface area contributed by atoms with Crippen LogP contribution in [0, 0.1) is 17.3 Å². The van der Waals surface area contributed by atoms with Crippen LogP contribution in [0.5, 0.6) is 5.88 Å². The minimum Gasteiger partial charge on any atom is -0.480 e. The Labute approximate surface area is 127 Å². The third-order valence-electron chi connectivity index (χ3n) is 4.83. The second-order valence-corrected chi connectivity index (χ2v) is 7.07. The van der Waals surface area contributed by atoms with Gasteiger partial charge in [-0.1, -0.05) is 20.8 Å². The minimum absolute atomic E-state index is 0.00886. The fraction of sp³-hybridized carbons (Fsp3) is 0.750. The number of aromatic nitrogens is 2. The fourth-order valence-electron chi connectivity index (χ4n) is 3.46. The van der Waals surface area contributed by atoms with Gasteiger partial charge in [0.2, 0.25) is 5.88 Å². The summed E-state index contributed by atoms with van der Waals surface area (Å²) in [5, 5.41) is 0. The zero-order valence-electron chi connectivity index (χ0n) is 13.6. The molecule has 1 aliphatic carbocycles. The molecule has 5 nitrogen and oxygen atoms in total. The molecule has 0 bridgehead atoms. The van der Waals surface area contributed by atoms with Crippen molar-refractivity contribution in [2.45, 2.75) is 52.5 Å². The number of nitrogens with zero attached hydrogens (tertiary/aromatic N) is 2. The second kappa shape index (κ2) is 6.71. The highest BCUT2D eigenvalue weighted by molar-refractivity contribution is 5.22. The number of ether oxygens (including phenoxy) is 1. The maximum absolute atomic E-state index is 5.81. The number of nitrogens with two attached hydrogens (primary N) is 1. The van der Waals surface area contributed by atoms with Gasteiger partial charge in [-0.25, -0.2) is 4.98 Å². The van der Waals surface area contributed by atoms with Crippen molar-refractivity contribution in [3.05, 3.63) is 18.1 Å². The summed E-state index contributed by atoms with van der Waals surface area (Å²) in [6.07, 6.45) is 8.16. The first kappa shape index (κ1) is 16.2. The van der Waals surface area contributed by atoms with Crippen molar-refractivity contribution < 1.29 is 4.74 Å². The number of hydrazine groups is 1. The van der Waals surface area contributed by atoms with E-state index in [0.717, 1.165) is 24.5 Å². The van der Waals surface area contributed by atoms with Crippen LogP contribution in [0.25, 0.3) is 0 Å². The Morgan fingerprint density at radius 3 is 2.33 bits per heavy atom. The molecule has 5 heteroatoms. The van der Waals surface area contributed by atoms with E-state index in [1.165, 1.54) is 12.8 Å². The van der Waals surface area contributed by atoms with E-state index < -0.39 is 0 Å². The van der Waals surface area contributed by atoms with Gasteiger partial charge in [0, 0.05) is 12.4 Å². The number of hydrogen-bond donors (Lipinski definition) is 2. The van der Waals surface area contributed by atoms with Crippen molar-refractivity contribution in [1.82, 2.24) is 15.4 Å².